The van der Waals surface area contributed by atoms with E-state index in [-0.39, 0.29) is 23.3 Å². The third-order valence-electron chi connectivity index (χ3n) is 4.01. The molecule has 1 unspecified atom stereocenters. The predicted molar refractivity (Wildman–Crippen MR) is 92.7 cm³/mol. The average Bonchev–Trinajstić information content (AvgIpc) is 3.13. The molecule has 1 aromatic heterocycles. The molecule has 0 saturated carbocycles. The number of nitrogens with one attached hydrogen (secondary N) is 3. The van der Waals surface area contributed by atoms with Gasteiger partial charge < -0.3 is 16.0 Å². The van der Waals surface area contributed by atoms with Gasteiger partial charge in [-0.1, -0.05) is 20.3 Å². The quantitative estimate of drug-likeness (QED) is 0.686. The normalized spacial score (nSPS) is 21.7. The Morgan fingerprint density at radius 2 is 2.21 bits per heavy atom. The molecule has 2 rings (SSSR count). The van der Waals surface area contributed by atoms with Crippen LogP contribution in [-0.4, -0.2) is 48.9 Å². The lowest BCUT2D eigenvalue weighted by molar-refractivity contribution is -0.119. The third kappa shape index (κ3) is 5.17. The van der Waals surface area contributed by atoms with Crippen molar-refractivity contribution in [2.75, 3.05) is 16.8 Å². The minimum Gasteiger partial charge on any atom is -0.334 e. The lowest BCUT2D eigenvalue weighted by atomic mass is 9.98. The molecule has 10 heteroatoms. The second-order valence-corrected chi connectivity index (χ2v) is 9.03. The predicted octanol–water partition coefficient (Wildman–Crippen LogP) is 0.983. The summed E-state index contributed by atoms with van der Waals surface area (Å²) < 4.78 is 22.9. The fourth-order valence-corrected chi connectivity index (χ4v) is 4.65. The molecule has 0 radical (unpaired) electrons. The largest absolute Gasteiger partial charge is 0.334 e. The number of nitrogens with zero attached hydrogens (tertiary/aromatic N) is 1. The molecule has 1 aliphatic heterocycles. The summed E-state index contributed by atoms with van der Waals surface area (Å²) in [6, 6.07) is -1.66. The van der Waals surface area contributed by atoms with Crippen LogP contribution < -0.4 is 16.0 Å². The number of anilines is 1. The minimum absolute atomic E-state index is 0.0558. The van der Waals surface area contributed by atoms with Crippen LogP contribution in [0.3, 0.4) is 0 Å². The highest BCUT2D eigenvalue weighted by Crippen LogP contribution is 2.15. The Hall–Kier alpha value is -1.68. The van der Waals surface area contributed by atoms with E-state index in [4.69, 9.17) is 0 Å². The van der Waals surface area contributed by atoms with Gasteiger partial charge in [-0.2, -0.15) is 0 Å². The maximum Gasteiger partial charge on any atom is 0.315 e. The standard InChI is InChI=1S/C14H22N4O4S2/c1-3-9(2)11(12(19)18-14-15-5-6-23-14)17-13(20)16-10-4-7-24(21,22)8-10/h5-6,9-11H,3-4,7-8H2,1-2H3,(H,15,18,19)(H2,16,17,20)/t9-,10?,11+/m1/s1. The van der Waals surface area contributed by atoms with E-state index in [1.54, 1.807) is 11.6 Å². The van der Waals surface area contributed by atoms with Crippen molar-refractivity contribution in [1.82, 2.24) is 15.6 Å². The van der Waals surface area contributed by atoms with Crippen LogP contribution >= 0.6 is 11.3 Å². The number of hydrogen-bond donors (Lipinski definition) is 3. The van der Waals surface area contributed by atoms with Gasteiger partial charge in [-0.05, 0) is 12.3 Å². The number of sulfone groups is 1. The van der Waals surface area contributed by atoms with Crippen LogP contribution in [-0.2, 0) is 14.6 Å². The van der Waals surface area contributed by atoms with E-state index in [1.165, 1.54) is 11.3 Å². The molecule has 3 amide bonds. The zero-order chi connectivity index (χ0) is 17.7. The zero-order valence-electron chi connectivity index (χ0n) is 13.6. The van der Waals surface area contributed by atoms with Crippen molar-refractivity contribution in [1.29, 1.82) is 0 Å². The van der Waals surface area contributed by atoms with Crippen LogP contribution in [0.1, 0.15) is 26.7 Å². The molecule has 0 aliphatic carbocycles. The van der Waals surface area contributed by atoms with Gasteiger partial charge >= 0.3 is 6.03 Å². The van der Waals surface area contributed by atoms with Crippen LogP contribution in [0.25, 0.3) is 0 Å². The second kappa shape index (κ2) is 7.93. The Balaban J connectivity index is 1.95. The molecule has 0 bridgehead atoms. The molecule has 1 aliphatic rings. The number of rotatable bonds is 6. The highest BCUT2D eigenvalue weighted by molar-refractivity contribution is 7.91. The van der Waals surface area contributed by atoms with E-state index in [0.717, 1.165) is 0 Å². The van der Waals surface area contributed by atoms with Gasteiger partial charge in [0.05, 0.1) is 11.5 Å². The monoisotopic (exact) mass is 374 g/mol. The highest BCUT2D eigenvalue weighted by atomic mass is 32.2. The lowest BCUT2D eigenvalue weighted by Crippen LogP contribution is -2.53. The van der Waals surface area contributed by atoms with Gasteiger partial charge in [0.2, 0.25) is 5.91 Å². The first-order valence-corrected chi connectivity index (χ1v) is 10.5. The number of aromatic nitrogens is 1. The van der Waals surface area contributed by atoms with E-state index in [0.29, 0.717) is 18.0 Å². The van der Waals surface area contributed by atoms with Crippen LogP contribution in [0.2, 0.25) is 0 Å². The number of carbonyl (C=O) groups excluding carboxylic acids is 2. The minimum atomic E-state index is -3.07. The van der Waals surface area contributed by atoms with E-state index >= 15 is 0 Å². The van der Waals surface area contributed by atoms with Crippen molar-refractivity contribution in [3.8, 4) is 0 Å². The fourth-order valence-electron chi connectivity index (χ4n) is 2.45. The molecule has 8 nitrogen and oxygen atoms in total. The van der Waals surface area contributed by atoms with E-state index in [1.807, 2.05) is 13.8 Å². The number of thiazole rings is 1. The summed E-state index contributed by atoms with van der Waals surface area (Å²) in [5.41, 5.74) is 0. The van der Waals surface area contributed by atoms with Crippen molar-refractivity contribution in [2.45, 2.75) is 38.8 Å². The summed E-state index contributed by atoms with van der Waals surface area (Å²) in [4.78, 5) is 28.5. The third-order valence-corrected chi connectivity index (χ3v) is 6.47. The molecule has 2 heterocycles. The molecular weight excluding hydrogens is 352 g/mol. The topological polar surface area (TPSA) is 117 Å². The van der Waals surface area contributed by atoms with Crippen LogP contribution in [0.4, 0.5) is 9.93 Å². The van der Waals surface area contributed by atoms with Crippen molar-refractivity contribution < 1.29 is 18.0 Å². The summed E-state index contributed by atoms with van der Waals surface area (Å²) in [6.07, 6.45) is 2.68. The highest BCUT2D eigenvalue weighted by Gasteiger charge is 2.31. The number of urea groups is 1. The molecule has 24 heavy (non-hydrogen) atoms. The molecule has 3 atom stereocenters. The number of amides is 3. The Bertz CT molecular complexity index is 675. The number of hydrogen-bond acceptors (Lipinski definition) is 6. The van der Waals surface area contributed by atoms with Gasteiger partial charge in [-0.3, -0.25) is 4.79 Å². The van der Waals surface area contributed by atoms with Gasteiger partial charge in [0, 0.05) is 17.6 Å². The van der Waals surface area contributed by atoms with Gasteiger partial charge in [-0.15, -0.1) is 11.3 Å². The number of carbonyl (C=O) groups is 2. The first-order chi connectivity index (χ1) is 11.3. The molecule has 1 aromatic rings. The Morgan fingerprint density at radius 3 is 2.75 bits per heavy atom. The fraction of sp³-hybridized carbons (Fsp3) is 0.643. The van der Waals surface area contributed by atoms with Crippen LogP contribution in [0.5, 0.6) is 0 Å². The molecule has 0 spiro atoms. The van der Waals surface area contributed by atoms with Crippen molar-refractivity contribution in [2.24, 2.45) is 5.92 Å². The van der Waals surface area contributed by atoms with Crippen molar-refractivity contribution in [3.63, 3.8) is 0 Å². The molecule has 3 N–H and O–H groups in total. The van der Waals surface area contributed by atoms with E-state index in [9.17, 15) is 18.0 Å². The maximum atomic E-state index is 12.4. The summed E-state index contributed by atoms with van der Waals surface area (Å²) in [7, 11) is -3.07. The lowest BCUT2D eigenvalue weighted by Gasteiger charge is -2.24. The Morgan fingerprint density at radius 1 is 1.46 bits per heavy atom. The van der Waals surface area contributed by atoms with Crippen LogP contribution in [0, 0.1) is 5.92 Å². The summed E-state index contributed by atoms with van der Waals surface area (Å²) in [6.45, 7) is 3.80. The molecule has 1 saturated heterocycles. The van der Waals surface area contributed by atoms with Gasteiger partial charge in [-0.25, -0.2) is 18.2 Å². The van der Waals surface area contributed by atoms with Gasteiger partial charge in [0.15, 0.2) is 15.0 Å². The zero-order valence-corrected chi connectivity index (χ0v) is 15.2. The average molecular weight is 374 g/mol. The van der Waals surface area contributed by atoms with Gasteiger partial charge in [0.1, 0.15) is 6.04 Å². The van der Waals surface area contributed by atoms with Crippen molar-refractivity contribution in [3.05, 3.63) is 11.6 Å². The molecule has 134 valence electrons. The first-order valence-electron chi connectivity index (χ1n) is 7.78. The molecule has 0 aromatic carbocycles. The van der Waals surface area contributed by atoms with Crippen LogP contribution in [0.15, 0.2) is 11.6 Å². The Labute approximate surface area is 145 Å². The second-order valence-electron chi connectivity index (χ2n) is 5.91. The van der Waals surface area contributed by atoms with Crippen molar-refractivity contribution >= 4 is 38.2 Å². The van der Waals surface area contributed by atoms with E-state index in [2.05, 4.69) is 20.9 Å². The SMILES string of the molecule is CC[C@@H](C)[C@H](NC(=O)NC1CCS(=O)(=O)C1)C(=O)Nc1nccs1. The molecule has 1 fully saturated rings. The Kier molecular flexibility index (Phi) is 6.16. The smallest absolute Gasteiger partial charge is 0.315 e. The summed E-state index contributed by atoms with van der Waals surface area (Å²) in [5, 5.41) is 10.2. The molecular formula is C14H22N4O4S2. The summed E-state index contributed by atoms with van der Waals surface area (Å²) in [5.74, 6) is -0.395. The van der Waals surface area contributed by atoms with E-state index < -0.39 is 28.0 Å². The first kappa shape index (κ1) is 18.7. The van der Waals surface area contributed by atoms with Gasteiger partial charge in [0.25, 0.3) is 0 Å². The summed E-state index contributed by atoms with van der Waals surface area (Å²) >= 11 is 1.29. The maximum absolute atomic E-state index is 12.4.